The van der Waals surface area contributed by atoms with Crippen LogP contribution in [0.4, 0.5) is 5.69 Å². The molecular formula is C18H26N2O3S. The quantitative estimate of drug-likeness (QED) is 0.905. The van der Waals surface area contributed by atoms with Gasteiger partial charge in [-0.1, -0.05) is 39.8 Å². The third kappa shape index (κ3) is 3.09. The molecule has 0 aromatic heterocycles. The molecule has 2 aliphatic heterocycles. The second-order valence-corrected chi connectivity index (χ2v) is 9.75. The minimum atomic E-state index is -3.12. The standard InChI is InChI=1S/C18H26N2O3S/c1-11(2)13-5-7-14(8-6-13)20-16-10-24(22,23)9-15(16)19-17(12(3)4)18(20)21/h5-8,11-12,15-17,19H,9-10H2,1-4H3/t15-,16+,17+/m1/s1. The molecule has 5 nitrogen and oxygen atoms in total. The van der Waals surface area contributed by atoms with Gasteiger partial charge in [0.05, 0.1) is 23.6 Å². The summed E-state index contributed by atoms with van der Waals surface area (Å²) in [6.07, 6.45) is 0. The highest BCUT2D eigenvalue weighted by Gasteiger charge is 2.49. The van der Waals surface area contributed by atoms with Crippen LogP contribution in [0, 0.1) is 5.92 Å². The first-order valence-electron chi connectivity index (χ1n) is 8.59. The lowest BCUT2D eigenvalue weighted by atomic mass is 9.94. The Balaban J connectivity index is 1.99. The van der Waals surface area contributed by atoms with Crippen LogP contribution in [0.3, 0.4) is 0 Å². The van der Waals surface area contributed by atoms with Crippen molar-refractivity contribution in [3.63, 3.8) is 0 Å². The van der Waals surface area contributed by atoms with E-state index in [1.165, 1.54) is 5.56 Å². The lowest BCUT2D eigenvalue weighted by Crippen LogP contribution is -2.66. The molecule has 0 radical (unpaired) electrons. The average Bonchev–Trinajstić information content (AvgIpc) is 2.80. The second-order valence-electron chi connectivity index (χ2n) is 7.59. The van der Waals surface area contributed by atoms with Gasteiger partial charge in [-0.25, -0.2) is 8.42 Å². The maximum Gasteiger partial charge on any atom is 0.244 e. The van der Waals surface area contributed by atoms with E-state index < -0.39 is 9.84 Å². The summed E-state index contributed by atoms with van der Waals surface area (Å²) in [5.41, 5.74) is 2.00. The molecule has 1 aromatic rings. The van der Waals surface area contributed by atoms with E-state index in [-0.39, 0.29) is 41.5 Å². The third-order valence-electron chi connectivity index (χ3n) is 5.06. The van der Waals surface area contributed by atoms with Gasteiger partial charge in [0.1, 0.15) is 0 Å². The summed E-state index contributed by atoms with van der Waals surface area (Å²) in [7, 11) is -3.12. The number of rotatable bonds is 3. The maximum atomic E-state index is 13.0. The van der Waals surface area contributed by atoms with Gasteiger partial charge in [-0.15, -0.1) is 0 Å². The van der Waals surface area contributed by atoms with Crippen LogP contribution in [0.15, 0.2) is 24.3 Å². The molecule has 0 bridgehead atoms. The van der Waals surface area contributed by atoms with E-state index in [2.05, 4.69) is 19.2 Å². The molecule has 24 heavy (non-hydrogen) atoms. The minimum absolute atomic E-state index is 0.0272. The fourth-order valence-electron chi connectivity index (χ4n) is 3.67. The molecule has 0 spiro atoms. The molecule has 6 heteroatoms. The third-order valence-corrected chi connectivity index (χ3v) is 6.77. The summed E-state index contributed by atoms with van der Waals surface area (Å²) >= 11 is 0. The Morgan fingerprint density at radius 3 is 2.25 bits per heavy atom. The Hall–Kier alpha value is -1.40. The normalized spacial score (nSPS) is 29.3. The molecule has 2 aliphatic rings. The van der Waals surface area contributed by atoms with E-state index in [4.69, 9.17) is 0 Å². The smallest absolute Gasteiger partial charge is 0.244 e. The molecule has 1 amide bonds. The number of hydrogen-bond acceptors (Lipinski definition) is 4. The highest BCUT2D eigenvalue weighted by Crippen LogP contribution is 2.31. The first-order chi connectivity index (χ1) is 11.2. The monoisotopic (exact) mass is 350 g/mol. The molecule has 3 rings (SSSR count). The van der Waals surface area contributed by atoms with Crippen molar-refractivity contribution >= 4 is 21.4 Å². The number of hydrogen-bond donors (Lipinski definition) is 1. The van der Waals surface area contributed by atoms with Crippen LogP contribution in [-0.2, 0) is 14.6 Å². The van der Waals surface area contributed by atoms with E-state index in [1.807, 2.05) is 38.1 Å². The van der Waals surface area contributed by atoms with Gasteiger partial charge in [0.15, 0.2) is 9.84 Å². The molecule has 3 atom stereocenters. The van der Waals surface area contributed by atoms with Crippen LogP contribution in [0.2, 0.25) is 0 Å². The van der Waals surface area contributed by atoms with Gasteiger partial charge in [0.2, 0.25) is 5.91 Å². The Bertz CT molecular complexity index is 725. The molecule has 0 unspecified atom stereocenters. The maximum absolute atomic E-state index is 13.0. The van der Waals surface area contributed by atoms with Gasteiger partial charge >= 0.3 is 0 Å². The molecule has 2 fully saturated rings. The number of fused-ring (bicyclic) bond motifs is 1. The number of piperazine rings is 1. The summed E-state index contributed by atoms with van der Waals surface area (Å²) in [5.74, 6) is 0.641. The largest absolute Gasteiger partial charge is 0.305 e. The van der Waals surface area contributed by atoms with Crippen molar-refractivity contribution < 1.29 is 13.2 Å². The number of sulfone groups is 1. The molecule has 2 saturated heterocycles. The summed E-state index contributed by atoms with van der Waals surface area (Å²) in [6.45, 7) is 8.22. The summed E-state index contributed by atoms with van der Waals surface area (Å²) < 4.78 is 24.2. The molecular weight excluding hydrogens is 324 g/mol. The predicted octanol–water partition coefficient (Wildman–Crippen LogP) is 1.94. The Labute approximate surface area is 144 Å². The van der Waals surface area contributed by atoms with Crippen molar-refractivity contribution in [2.75, 3.05) is 16.4 Å². The van der Waals surface area contributed by atoms with E-state index in [0.29, 0.717) is 5.92 Å². The number of nitrogens with zero attached hydrogens (tertiary/aromatic N) is 1. The topological polar surface area (TPSA) is 66.5 Å². The van der Waals surface area contributed by atoms with E-state index in [1.54, 1.807) is 4.90 Å². The van der Waals surface area contributed by atoms with Gasteiger partial charge in [0, 0.05) is 11.7 Å². The fourth-order valence-corrected chi connectivity index (χ4v) is 5.58. The molecule has 0 aliphatic carbocycles. The molecule has 0 saturated carbocycles. The van der Waals surface area contributed by atoms with Gasteiger partial charge in [-0.05, 0) is 29.5 Å². The number of anilines is 1. The molecule has 1 aromatic carbocycles. The number of carbonyl (C=O) groups is 1. The lowest BCUT2D eigenvalue weighted by molar-refractivity contribution is -0.123. The first-order valence-corrected chi connectivity index (χ1v) is 10.4. The van der Waals surface area contributed by atoms with Gasteiger partial charge in [-0.2, -0.15) is 0 Å². The lowest BCUT2D eigenvalue weighted by Gasteiger charge is -2.42. The molecule has 132 valence electrons. The van der Waals surface area contributed by atoms with Crippen LogP contribution in [0.1, 0.15) is 39.2 Å². The Kier molecular flexibility index (Phi) is 4.47. The zero-order valence-electron chi connectivity index (χ0n) is 14.7. The van der Waals surface area contributed by atoms with E-state index in [9.17, 15) is 13.2 Å². The van der Waals surface area contributed by atoms with Crippen LogP contribution < -0.4 is 10.2 Å². The second kappa shape index (κ2) is 6.15. The Morgan fingerprint density at radius 2 is 1.71 bits per heavy atom. The van der Waals surface area contributed by atoms with Crippen molar-refractivity contribution in [1.82, 2.24) is 5.32 Å². The highest BCUT2D eigenvalue weighted by molar-refractivity contribution is 7.91. The average molecular weight is 350 g/mol. The highest BCUT2D eigenvalue weighted by atomic mass is 32.2. The summed E-state index contributed by atoms with van der Waals surface area (Å²) in [6, 6.07) is 7.09. The van der Waals surface area contributed by atoms with Crippen LogP contribution in [0.25, 0.3) is 0 Å². The van der Waals surface area contributed by atoms with Crippen molar-refractivity contribution in [1.29, 1.82) is 0 Å². The van der Waals surface area contributed by atoms with Crippen molar-refractivity contribution in [2.24, 2.45) is 5.92 Å². The molecule has 2 heterocycles. The zero-order chi connectivity index (χ0) is 17.6. The molecule has 1 N–H and O–H groups in total. The van der Waals surface area contributed by atoms with Gasteiger partial charge in [0.25, 0.3) is 0 Å². The van der Waals surface area contributed by atoms with E-state index in [0.717, 1.165) is 5.69 Å². The summed E-state index contributed by atoms with van der Waals surface area (Å²) in [5, 5.41) is 3.28. The Morgan fingerprint density at radius 1 is 1.08 bits per heavy atom. The van der Waals surface area contributed by atoms with Crippen molar-refractivity contribution in [3.05, 3.63) is 29.8 Å². The van der Waals surface area contributed by atoms with Crippen LogP contribution >= 0.6 is 0 Å². The van der Waals surface area contributed by atoms with Crippen LogP contribution in [-0.4, -0.2) is 44.0 Å². The predicted molar refractivity (Wildman–Crippen MR) is 96.0 cm³/mol. The zero-order valence-corrected chi connectivity index (χ0v) is 15.5. The number of amides is 1. The number of benzene rings is 1. The number of nitrogens with one attached hydrogen (secondary N) is 1. The first kappa shape index (κ1) is 17.4. The van der Waals surface area contributed by atoms with Crippen molar-refractivity contribution in [3.8, 4) is 0 Å². The van der Waals surface area contributed by atoms with Crippen molar-refractivity contribution in [2.45, 2.75) is 51.7 Å². The van der Waals surface area contributed by atoms with Crippen LogP contribution in [0.5, 0.6) is 0 Å². The van der Waals surface area contributed by atoms with Gasteiger partial charge < -0.3 is 4.90 Å². The summed E-state index contributed by atoms with van der Waals surface area (Å²) in [4.78, 5) is 14.7. The minimum Gasteiger partial charge on any atom is -0.305 e. The SMILES string of the molecule is CC(C)c1ccc(N2C(=O)[C@H](C(C)C)N[C@@H]3CS(=O)(=O)C[C@@H]32)cc1. The fraction of sp³-hybridized carbons (Fsp3) is 0.611. The number of carbonyl (C=O) groups excluding carboxylic acids is 1. The van der Waals surface area contributed by atoms with Gasteiger partial charge in [-0.3, -0.25) is 10.1 Å². The van der Waals surface area contributed by atoms with E-state index >= 15 is 0 Å².